The predicted molar refractivity (Wildman–Crippen MR) is 137 cm³/mol. The molecule has 1 aromatic heterocycles. The number of piperazine rings is 1. The van der Waals surface area contributed by atoms with Crippen molar-refractivity contribution < 1.29 is 9.59 Å². The molecule has 0 saturated carbocycles. The van der Waals surface area contributed by atoms with Crippen LogP contribution in [0.5, 0.6) is 0 Å². The highest BCUT2D eigenvalue weighted by Gasteiger charge is 2.28. The smallest absolute Gasteiger partial charge is 0.339 e. The van der Waals surface area contributed by atoms with Gasteiger partial charge in [0.15, 0.2) is 0 Å². The summed E-state index contributed by atoms with van der Waals surface area (Å²) in [4.78, 5) is 55.1. The normalized spacial score (nSPS) is 13.8. The van der Waals surface area contributed by atoms with Gasteiger partial charge in [0.1, 0.15) is 0 Å². The molecule has 0 atom stereocenters. The lowest BCUT2D eigenvalue weighted by Crippen LogP contribution is -2.52. The van der Waals surface area contributed by atoms with E-state index >= 15 is 0 Å². The van der Waals surface area contributed by atoms with Gasteiger partial charge in [0.05, 0.1) is 12.2 Å². The Morgan fingerprint density at radius 1 is 0.889 bits per heavy atom. The van der Waals surface area contributed by atoms with Crippen LogP contribution < -0.4 is 11.2 Å². The molecule has 0 unspecified atom stereocenters. The minimum Gasteiger partial charge on any atom is -0.339 e. The summed E-state index contributed by atoms with van der Waals surface area (Å²) < 4.78 is 2.19. The third-order valence-electron chi connectivity index (χ3n) is 6.54. The average Bonchev–Trinajstić information content (AvgIpc) is 2.87. The molecule has 36 heavy (non-hydrogen) atoms. The fraction of sp³-hybridized carbons (Fsp3) is 0.370. The monoisotopic (exact) mass is 489 g/mol. The second kappa shape index (κ2) is 10.3. The average molecular weight is 490 g/mol. The standard InChI is InChI=1S/C27H31N5O4/c1-18(2)22-9-11-23(12-10-22)32-27(36)31(17-21-7-5-19(3)6-8-21)26(35)24(28-32)25(34)30-15-13-29(14-16-30)20(4)33/h5-12,18H,13-17H2,1-4H3. The van der Waals surface area contributed by atoms with E-state index in [1.54, 1.807) is 17.0 Å². The van der Waals surface area contributed by atoms with Gasteiger partial charge in [-0.15, -0.1) is 0 Å². The highest BCUT2D eigenvalue weighted by atomic mass is 16.2. The second-order valence-corrected chi connectivity index (χ2v) is 9.46. The van der Waals surface area contributed by atoms with Crippen LogP contribution in [0.3, 0.4) is 0 Å². The Bertz CT molecular complexity index is 1380. The summed E-state index contributed by atoms with van der Waals surface area (Å²) in [7, 11) is 0. The van der Waals surface area contributed by atoms with Crippen molar-refractivity contribution in [3.63, 3.8) is 0 Å². The van der Waals surface area contributed by atoms with E-state index in [9.17, 15) is 19.2 Å². The Balaban J connectivity index is 1.78. The van der Waals surface area contributed by atoms with Crippen molar-refractivity contribution in [2.75, 3.05) is 26.2 Å². The number of aromatic nitrogens is 3. The number of nitrogens with zero attached hydrogens (tertiary/aromatic N) is 5. The summed E-state index contributed by atoms with van der Waals surface area (Å²) in [6.45, 7) is 8.96. The highest BCUT2D eigenvalue weighted by molar-refractivity contribution is 5.92. The molecule has 3 aromatic rings. The molecule has 2 amide bonds. The molecule has 0 aliphatic carbocycles. The zero-order valence-electron chi connectivity index (χ0n) is 21.1. The summed E-state index contributed by atoms with van der Waals surface area (Å²) >= 11 is 0. The van der Waals surface area contributed by atoms with Crippen molar-refractivity contribution in [2.24, 2.45) is 0 Å². The van der Waals surface area contributed by atoms with E-state index in [4.69, 9.17) is 0 Å². The van der Waals surface area contributed by atoms with E-state index in [0.29, 0.717) is 37.8 Å². The SMILES string of the molecule is CC(=O)N1CCN(C(=O)c2nn(-c3ccc(C(C)C)cc3)c(=O)n(Cc3ccc(C)cc3)c2=O)CC1. The maximum atomic E-state index is 13.4. The van der Waals surface area contributed by atoms with E-state index in [0.717, 1.165) is 25.9 Å². The lowest BCUT2D eigenvalue weighted by atomic mass is 10.0. The van der Waals surface area contributed by atoms with Crippen LogP contribution in [0.2, 0.25) is 0 Å². The van der Waals surface area contributed by atoms with E-state index in [-0.39, 0.29) is 18.1 Å². The lowest BCUT2D eigenvalue weighted by molar-refractivity contribution is -0.130. The van der Waals surface area contributed by atoms with Gasteiger partial charge < -0.3 is 9.80 Å². The first-order valence-electron chi connectivity index (χ1n) is 12.1. The summed E-state index contributed by atoms with van der Waals surface area (Å²) in [6, 6.07) is 14.9. The summed E-state index contributed by atoms with van der Waals surface area (Å²) in [5.74, 6) is -0.294. The van der Waals surface area contributed by atoms with Gasteiger partial charge in [-0.05, 0) is 36.1 Å². The molecule has 0 radical (unpaired) electrons. The second-order valence-electron chi connectivity index (χ2n) is 9.46. The van der Waals surface area contributed by atoms with Crippen LogP contribution in [-0.2, 0) is 11.3 Å². The van der Waals surface area contributed by atoms with Crippen molar-refractivity contribution in [3.8, 4) is 5.69 Å². The van der Waals surface area contributed by atoms with Crippen LogP contribution in [-0.4, -0.2) is 62.1 Å². The third kappa shape index (κ3) is 5.15. The van der Waals surface area contributed by atoms with Crippen molar-refractivity contribution in [1.82, 2.24) is 24.1 Å². The molecule has 0 bridgehead atoms. The van der Waals surface area contributed by atoms with Crippen molar-refractivity contribution >= 4 is 11.8 Å². The van der Waals surface area contributed by atoms with Gasteiger partial charge in [-0.25, -0.2) is 4.79 Å². The topological polar surface area (TPSA) is 97.5 Å². The Morgan fingerprint density at radius 3 is 2.03 bits per heavy atom. The van der Waals surface area contributed by atoms with E-state index in [1.807, 2.05) is 43.3 Å². The van der Waals surface area contributed by atoms with Crippen molar-refractivity contribution in [2.45, 2.75) is 40.2 Å². The zero-order chi connectivity index (χ0) is 26.0. The van der Waals surface area contributed by atoms with E-state index < -0.39 is 17.2 Å². The molecule has 1 fully saturated rings. The first kappa shape index (κ1) is 25.1. The Morgan fingerprint density at radius 2 is 1.47 bits per heavy atom. The zero-order valence-corrected chi connectivity index (χ0v) is 21.1. The predicted octanol–water partition coefficient (Wildman–Crippen LogP) is 2.18. The summed E-state index contributed by atoms with van der Waals surface area (Å²) in [6.07, 6.45) is 0. The molecule has 2 heterocycles. The fourth-order valence-electron chi connectivity index (χ4n) is 4.21. The summed E-state index contributed by atoms with van der Waals surface area (Å²) in [5.41, 5.74) is 1.73. The van der Waals surface area contributed by atoms with Crippen LogP contribution in [0.15, 0.2) is 58.1 Å². The first-order valence-corrected chi connectivity index (χ1v) is 12.1. The molecule has 1 saturated heterocycles. The van der Waals surface area contributed by atoms with Crippen LogP contribution >= 0.6 is 0 Å². The van der Waals surface area contributed by atoms with Gasteiger partial charge in [0.2, 0.25) is 11.6 Å². The van der Waals surface area contributed by atoms with Gasteiger partial charge in [-0.2, -0.15) is 9.78 Å². The molecule has 0 N–H and O–H groups in total. The van der Waals surface area contributed by atoms with Crippen molar-refractivity contribution in [1.29, 1.82) is 0 Å². The number of hydrogen-bond donors (Lipinski definition) is 0. The number of hydrogen-bond acceptors (Lipinski definition) is 5. The van der Waals surface area contributed by atoms with E-state index in [2.05, 4.69) is 18.9 Å². The Kier molecular flexibility index (Phi) is 7.19. The van der Waals surface area contributed by atoms with Gasteiger partial charge in [-0.3, -0.25) is 19.0 Å². The maximum Gasteiger partial charge on any atom is 0.352 e. The molecule has 1 aliphatic rings. The van der Waals surface area contributed by atoms with Gasteiger partial charge in [0.25, 0.3) is 11.5 Å². The van der Waals surface area contributed by atoms with Crippen LogP contribution in [0, 0.1) is 6.92 Å². The minimum atomic E-state index is -0.727. The molecular weight excluding hydrogens is 458 g/mol. The van der Waals surface area contributed by atoms with Gasteiger partial charge >= 0.3 is 5.69 Å². The number of benzene rings is 2. The molecule has 2 aromatic carbocycles. The number of amides is 2. The third-order valence-corrected chi connectivity index (χ3v) is 6.54. The van der Waals surface area contributed by atoms with Gasteiger partial charge in [0, 0.05) is 33.1 Å². The van der Waals surface area contributed by atoms with Crippen LogP contribution in [0.1, 0.15) is 53.9 Å². The molecule has 188 valence electrons. The molecule has 0 spiro atoms. The molecule has 9 nitrogen and oxygen atoms in total. The largest absolute Gasteiger partial charge is 0.352 e. The van der Waals surface area contributed by atoms with E-state index in [1.165, 1.54) is 11.8 Å². The first-order chi connectivity index (χ1) is 17.2. The van der Waals surface area contributed by atoms with Crippen LogP contribution in [0.25, 0.3) is 5.69 Å². The molecule has 9 heteroatoms. The van der Waals surface area contributed by atoms with Crippen LogP contribution in [0.4, 0.5) is 0 Å². The summed E-state index contributed by atoms with van der Waals surface area (Å²) in [5, 5.41) is 4.26. The number of carbonyl (C=O) groups excluding carboxylic acids is 2. The maximum absolute atomic E-state index is 13.4. The number of rotatable bonds is 5. The lowest BCUT2D eigenvalue weighted by Gasteiger charge is -2.33. The van der Waals surface area contributed by atoms with Crippen molar-refractivity contribution in [3.05, 3.63) is 91.8 Å². The Hall–Kier alpha value is -4.01. The fourth-order valence-corrected chi connectivity index (χ4v) is 4.21. The molecule has 1 aliphatic heterocycles. The quantitative estimate of drug-likeness (QED) is 0.547. The number of aryl methyl sites for hydroxylation is 1. The minimum absolute atomic E-state index is 0.0168. The van der Waals surface area contributed by atoms with Gasteiger partial charge in [-0.1, -0.05) is 55.8 Å². The number of carbonyl (C=O) groups is 2. The molecule has 4 rings (SSSR count). The molecular formula is C27H31N5O4. The highest BCUT2D eigenvalue weighted by Crippen LogP contribution is 2.16. The Labute approximate surface area is 209 Å².